The van der Waals surface area contributed by atoms with Crippen LogP contribution in [0.5, 0.6) is 0 Å². The highest BCUT2D eigenvalue weighted by atomic mass is 16.1. The first-order valence-electron chi connectivity index (χ1n) is 6.51. The molecule has 102 valence electrons. The lowest BCUT2D eigenvalue weighted by Gasteiger charge is -2.21. The molecule has 1 aliphatic heterocycles. The van der Waals surface area contributed by atoms with Gasteiger partial charge in [0.05, 0.1) is 0 Å². The molecule has 0 bridgehead atoms. The van der Waals surface area contributed by atoms with E-state index >= 15 is 0 Å². The van der Waals surface area contributed by atoms with Crippen molar-refractivity contribution in [1.29, 1.82) is 0 Å². The van der Waals surface area contributed by atoms with Crippen LogP contribution in [0.4, 0.5) is 5.69 Å². The second-order valence-corrected chi connectivity index (χ2v) is 5.08. The Kier molecular flexibility index (Phi) is 4.22. The molecule has 1 fully saturated rings. The molecule has 0 aromatic heterocycles. The Bertz CT molecular complexity index is 483. The first-order chi connectivity index (χ1) is 9.08. The summed E-state index contributed by atoms with van der Waals surface area (Å²) in [6.45, 7) is 4.15. The number of nitrogens with one attached hydrogen (secondary N) is 2. The van der Waals surface area contributed by atoms with Crippen LogP contribution in [0.1, 0.15) is 12.5 Å². The fraction of sp³-hybridized carbons (Fsp3) is 0.400. The van der Waals surface area contributed by atoms with E-state index in [9.17, 15) is 4.79 Å². The Balaban J connectivity index is 1.90. The summed E-state index contributed by atoms with van der Waals surface area (Å²) in [5.41, 5.74) is 4.33. The van der Waals surface area contributed by atoms with E-state index < -0.39 is 0 Å². The molecule has 1 heterocycles. The van der Waals surface area contributed by atoms with Gasteiger partial charge in [0.15, 0.2) is 0 Å². The van der Waals surface area contributed by atoms with Crippen molar-refractivity contribution in [2.75, 3.05) is 32.1 Å². The average molecular weight is 259 g/mol. The summed E-state index contributed by atoms with van der Waals surface area (Å²) >= 11 is 0. The van der Waals surface area contributed by atoms with Crippen molar-refractivity contribution in [2.45, 2.75) is 13.5 Å². The van der Waals surface area contributed by atoms with E-state index in [0.717, 1.165) is 29.9 Å². The third kappa shape index (κ3) is 3.35. The number of hydrogen-bond acceptors (Lipinski definition) is 3. The Morgan fingerprint density at radius 1 is 1.26 bits per heavy atom. The fourth-order valence-electron chi connectivity index (χ4n) is 1.90. The lowest BCUT2D eigenvalue weighted by molar-refractivity contribution is -0.117. The third-order valence-corrected chi connectivity index (χ3v) is 3.45. The summed E-state index contributed by atoms with van der Waals surface area (Å²) in [6, 6.07) is 8.21. The SMILES string of the molecule is CC(C(=O)NCc1ccc(N(C)C)cc1)=C1CNC1. The molecule has 1 aromatic rings. The predicted octanol–water partition coefficient (Wildman–Crippen LogP) is 1.29. The summed E-state index contributed by atoms with van der Waals surface area (Å²) in [7, 11) is 4.03. The zero-order valence-corrected chi connectivity index (χ0v) is 11.8. The number of hydrogen-bond donors (Lipinski definition) is 2. The summed E-state index contributed by atoms with van der Waals surface area (Å²) in [5.74, 6) is 0.0354. The first kappa shape index (κ1) is 13.6. The fourth-order valence-corrected chi connectivity index (χ4v) is 1.90. The molecule has 0 atom stereocenters. The van der Waals surface area contributed by atoms with Crippen molar-refractivity contribution in [3.63, 3.8) is 0 Å². The van der Waals surface area contributed by atoms with Gasteiger partial charge in [-0.25, -0.2) is 0 Å². The monoisotopic (exact) mass is 259 g/mol. The molecule has 0 saturated carbocycles. The van der Waals surface area contributed by atoms with Crippen molar-refractivity contribution in [3.8, 4) is 0 Å². The van der Waals surface area contributed by atoms with Crippen LogP contribution >= 0.6 is 0 Å². The minimum atomic E-state index is 0.0354. The molecule has 1 saturated heterocycles. The molecular weight excluding hydrogens is 238 g/mol. The van der Waals surface area contributed by atoms with E-state index in [1.807, 2.05) is 33.2 Å². The van der Waals surface area contributed by atoms with Gasteiger partial charge in [-0.15, -0.1) is 0 Å². The molecule has 1 aliphatic rings. The summed E-state index contributed by atoms with van der Waals surface area (Å²) in [6.07, 6.45) is 0. The van der Waals surface area contributed by atoms with Gasteiger partial charge in [-0.05, 0) is 30.2 Å². The van der Waals surface area contributed by atoms with Gasteiger partial charge in [-0.2, -0.15) is 0 Å². The summed E-state index contributed by atoms with van der Waals surface area (Å²) in [4.78, 5) is 14.0. The molecule has 19 heavy (non-hydrogen) atoms. The second-order valence-electron chi connectivity index (χ2n) is 5.08. The molecule has 0 spiro atoms. The Labute approximate surface area is 114 Å². The van der Waals surface area contributed by atoms with Gasteiger partial charge in [-0.3, -0.25) is 4.79 Å². The van der Waals surface area contributed by atoms with Crippen LogP contribution in [0.15, 0.2) is 35.4 Å². The highest BCUT2D eigenvalue weighted by Gasteiger charge is 2.15. The van der Waals surface area contributed by atoms with Crippen LogP contribution in [-0.4, -0.2) is 33.1 Å². The predicted molar refractivity (Wildman–Crippen MR) is 78.2 cm³/mol. The quantitative estimate of drug-likeness (QED) is 0.801. The highest BCUT2D eigenvalue weighted by Crippen LogP contribution is 2.13. The molecule has 2 N–H and O–H groups in total. The van der Waals surface area contributed by atoms with Crippen LogP contribution in [0.3, 0.4) is 0 Å². The number of carbonyl (C=O) groups is 1. The Morgan fingerprint density at radius 2 is 1.89 bits per heavy atom. The van der Waals surface area contributed by atoms with Crippen LogP contribution in [0.25, 0.3) is 0 Å². The van der Waals surface area contributed by atoms with Crippen molar-refractivity contribution >= 4 is 11.6 Å². The lowest BCUT2D eigenvalue weighted by Crippen LogP contribution is -2.37. The molecule has 1 amide bonds. The topological polar surface area (TPSA) is 44.4 Å². The van der Waals surface area contributed by atoms with E-state index in [1.165, 1.54) is 5.57 Å². The zero-order valence-electron chi connectivity index (χ0n) is 11.8. The molecule has 2 rings (SSSR count). The van der Waals surface area contributed by atoms with Gasteiger partial charge < -0.3 is 15.5 Å². The van der Waals surface area contributed by atoms with Gasteiger partial charge in [0.25, 0.3) is 0 Å². The number of nitrogens with zero attached hydrogens (tertiary/aromatic N) is 1. The van der Waals surface area contributed by atoms with Crippen LogP contribution in [0, 0.1) is 0 Å². The molecule has 4 nitrogen and oxygen atoms in total. The van der Waals surface area contributed by atoms with Crippen molar-refractivity contribution < 1.29 is 4.79 Å². The smallest absolute Gasteiger partial charge is 0.247 e. The van der Waals surface area contributed by atoms with Crippen molar-refractivity contribution in [2.24, 2.45) is 0 Å². The largest absolute Gasteiger partial charge is 0.378 e. The molecule has 0 unspecified atom stereocenters. The van der Waals surface area contributed by atoms with Crippen LogP contribution < -0.4 is 15.5 Å². The maximum atomic E-state index is 11.9. The standard InChI is InChI=1S/C15H21N3O/c1-11(13-9-16-10-13)15(19)17-8-12-4-6-14(7-5-12)18(2)3/h4-7,16H,8-10H2,1-3H3,(H,17,19). The minimum Gasteiger partial charge on any atom is -0.378 e. The van der Waals surface area contributed by atoms with E-state index in [0.29, 0.717) is 6.54 Å². The molecule has 4 heteroatoms. The molecule has 0 aliphatic carbocycles. The zero-order chi connectivity index (χ0) is 13.8. The van der Waals surface area contributed by atoms with Crippen LogP contribution in [0.2, 0.25) is 0 Å². The molecule has 0 radical (unpaired) electrons. The maximum Gasteiger partial charge on any atom is 0.247 e. The van der Waals surface area contributed by atoms with E-state index in [-0.39, 0.29) is 5.91 Å². The highest BCUT2D eigenvalue weighted by molar-refractivity contribution is 5.93. The van der Waals surface area contributed by atoms with Gasteiger partial charge in [-0.1, -0.05) is 12.1 Å². The normalized spacial score (nSPS) is 13.7. The number of benzene rings is 1. The van der Waals surface area contributed by atoms with E-state index in [4.69, 9.17) is 0 Å². The summed E-state index contributed by atoms with van der Waals surface area (Å²) in [5, 5.41) is 6.10. The first-order valence-corrected chi connectivity index (χ1v) is 6.51. The van der Waals surface area contributed by atoms with Crippen molar-refractivity contribution in [1.82, 2.24) is 10.6 Å². The Hall–Kier alpha value is -1.81. The Morgan fingerprint density at radius 3 is 2.37 bits per heavy atom. The van der Waals surface area contributed by atoms with E-state index in [2.05, 4.69) is 27.7 Å². The third-order valence-electron chi connectivity index (χ3n) is 3.45. The van der Waals surface area contributed by atoms with Crippen molar-refractivity contribution in [3.05, 3.63) is 41.0 Å². The molecular formula is C15H21N3O. The maximum absolute atomic E-state index is 11.9. The number of anilines is 1. The lowest BCUT2D eigenvalue weighted by atomic mass is 10.0. The van der Waals surface area contributed by atoms with Gasteiger partial charge in [0.1, 0.15) is 0 Å². The van der Waals surface area contributed by atoms with Gasteiger partial charge in [0.2, 0.25) is 5.91 Å². The minimum absolute atomic E-state index is 0.0354. The van der Waals surface area contributed by atoms with Crippen LogP contribution in [-0.2, 0) is 11.3 Å². The molecule has 1 aromatic carbocycles. The summed E-state index contributed by atoms with van der Waals surface area (Å²) < 4.78 is 0. The van der Waals surface area contributed by atoms with Gasteiger partial charge in [0, 0.05) is 45.0 Å². The number of rotatable bonds is 4. The second kappa shape index (κ2) is 5.89. The number of amides is 1. The van der Waals surface area contributed by atoms with Gasteiger partial charge >= 0.3 is 0 Å². The average Bonchev–Trinajstić information content (AvgIpc) is 2.34. The number of carbonyl (C=O) groups excluding carboxylic acids is 1. The van der Waals surface area contributed by atoms with E-state index in [1.54, 1.807) is 0 Å².